The van der Waals surface area contributed by atoms with E-state index in [0.717, 1.165) is 23.3 Å². The Bertz CT molecular complexity index is 699. The Morgan fingerprint density at radius 1 is 1.13 bits per heavy atom. The lowest BCUT2D eigenvalue weighted by atomic mass is 10.0. The maximum Gasteiger partial charge on any atom is 0.416 e. The van der Waals surface area contributed by atoms with Crippen molar-refractivity contribution in [2.24, 2.45) is 0 Å². The van der Waals surface area contributed by atoms with Gasteiger partial charge in [-0.25, -0.2) is 0 Å². The van der Waals surface area contributed by atoms with Gasteiger partial charge < -0.3 is 10.4 Å². The van der Waals surface area contributed by atoms with Crippen LogP contribution in [0.4, 0.5) is 13.2 Å². The van der Waals surface area contributed by atoms with Gasteiger partial charge in [-0.1, -0.05) is 36.4 Å². The highest BCUT2D eigenvalue weighted by molar-refractivity contribution is 5.37. The quantitative estimate of drug-likeness (QED) is 0.895. The van der Waals surface area contributed by atoms with Crippen LogP contribution in [0.15, 0.2) is 48.5 Å². The highest BCUT2D eigenvalue weighted by Crippen LogP contribution is 2.34. The van der Waals surface area contributed by atoms with Gasteiger partial charge in [0.15, 0.2) is 0 Å². The third kappa shape index (κ3) is 3.26. The van der Waals surface area contributed by atoms with E-state index in [9.17, 15) is 18.3 Å². The molecule has 0 aliphatic heterocycles. The van der Waals surface area contributed by atoms with Crippen molar-refractivity contribution < 1.29 is 18.3 Å². The second-order valence-electron chi connectivity index (χ2n) is 5.96. The lowest BCUT2D eigenvalue weighted by molar-refractivity contribution is -0.137. The molecule has 3 unspecified atom stereocenters. The van der Waals surface area contributed by atoms with Crippen LogP contribution in [-0.4, -0.2) is 11.2 Å². The zero-order valence-corrected chi connectivity index (χ0v) is 12.6. The molecule has 3 rings (SSSR count). The maximum atomic E-state index is 12.8. The monoisotopic (exact) mass is 321 g/mol. The van der Waals surface area contributed by atoms with E-state index in [1.54, 1.807) is 6.07 Å². The van der Waals surface area contributed by atoms with Gasteiger partial charge in [0.25, 0.3) is 0 Å². The van der Waals surface area contributed by atoms with Gasteiger partial charge in [-0.2, -0.15) is 13.2 Å². The molecule has 0 saturated heterocycles. The highest BCUT2D eigenvalue weighted by atomic mass is 19.4. The molecule has 0 fully saturated rings. The van der Waals surface area contributed by atoms with E-state index in [-0.39, 0.29) is 12.1 Å². The molecule has 0 bridgehead atoms. The topological polar surface area (TPSA) is 32.3 Å². The zero-order valence-electron chi connectivity index (χ0n) is 12.6. The van der Waals surface area contributed by atoms with Crippen molar-refractivity contribution >= 4 is 0 Å². The molecule has 0 aromatic heterocycles. The number of alkyl halides is 3. The largest absolute Gasteiger partial charge is 0.416 e. The predicted octanol–water partition coefficient (Wildman–Crippen LogP) is 4.01. The first-order valence-corrected chi connectivity index (χ1v) is 7.55. The summed E-state index contributed by atoms with van der Waals surface area (Å²) >= 11 is 0. The molecule has 0 amide bonds. The van der Waals surface area contributed by atoms with Crippen LogP contribution in [0, 0.1) is 0 Å². The molecular formula is C18H18F3NO. The van der Waals surface area contributed by atoms with Crippen molar-refractivity contribution in [2.45, 2.75) is 37.7 Å². The molecule has 2 aromatic rings. The van der Waals surface area contributed by atoms with E-state index in [2.05, 4.69) is 5.32 Å². The molecule has 0 radical (unpaired) electrons. The summed E-state index contributed by atoms with van der Waals surface area (Å²) in [6, 6.07) is 12.5. The fraction of sp³-hybridized carbons (Fsp3) is 0.333. The summed E-state index contributed by atoms with van der Waals surface area (Å²) in [5, 5.41) is 13.5. The Morgan fingerprint density at radius 3 is 2.61 bits per heavy atom. The van der Waals surface area contributed by atoms with Crippen molar-refractivity contribution in [3.63, 3.8) is 0 Å². The number of fused-ring (bicyclic) bond motifs is 1. The SMILES string of the molecule is CC(NC1c2ccccc2CC1O)c1cccc(C(F)(F)F)c1. The van der Waals surface area contributed by atoms with Gasteiger partial charge in [-0.3, -0.25) is 0 Å². The summed E-state index contributed by atoms with van der Waals surface area (Å²) in [5.74, 6) is 0. The zero-order chi connectivity index (χ0) is 16.6. The van der Waals surface area contributed by atoms with Crippen LogP contribution < -0.4 is 5.32 Å². The summed E-state index contributed by atoms with van der Waals surface area (Å²) in [5.41, 5.74) is 1.99. The molecule has 2 aromatic carbocycles. The molecule has 1 aliphatic rings. The molecule has 1 aliphatic carbocycles. The van der Waals surface area contributed by atoms with Crippen molar-refractivity contribution in [3.05, 3.63) is 70.8 Å². The standard InChI is InChI=1S/C18H18F3NO/c1-11(12-6-4-7-14(9-12)18(19,20)21)22-17-15-8-3-2-5-13(15)10-16(17)23/h2-9,11,16-17,22-23H,10H2,1H3. The Labute approximate surface area is 133 Å². The van der Waals surface area contributed by atoms with E-state index >= 15 is 0 Å². The van der Waals surface area contributed by atoms with Crippen LogP contribution in [0.1, 0.15) is 41.3 Å². The molecule has 23 heavy (non-hydrogen) atoms. The smallest absolute Gasteiger partial charge is 0.391 e. The van der Waals surface area contributed by atoms with Gasteiger partial charge in [-0.05, 0) is 35.7 Å². The molecule has 2 nitrogen and oxygen atoms in total. The summed E-state index contributed by atoms with van der Waals surface area (Å²) in [6.45, 7) is 1.81. The fourth-order valence-electron chi connectivity index (χ4n) is 3.12. The van der Waals surface area contributed by atoms with Crippen LogP contribution in [0.3, 0.4) is 0 Å². The molecular weight excluding hydrogens is 303 g/mol. The molecule has 122 valence electrons. The average Bonchev–Trinajstić information content (AvgIpc) is 2.83. The number of aliphatic hydroxyl groups excluding tert-OH is 1. The van der Waals surface area contributed by atoms with Crippen molar-refractivity contribution in [1.29, 1.82) is 0 Å². The number of hydrogen-bond acceptors (Lipinski definition) is 2. The molecule has 0 saturated carbocycles. The number of hydrogen-bond donors (Lipinski definition) is 2. The predicted molar refractivity (Wildman–Crippen MR) is 81.9 cm³/mol. The minimum atomic E-state index is -4.35. The number of benzene rings is 2. The third-order valence-corrected chi connectivity index (χ3v) is 4.35. The molecule has 5 heteroatoms. The summed E-state index contributed by atoms with van der Waals surface area (Å²) in [4.78, 5) is 0. The fourth-order valence-corrected chi connectivity index (χ4v) is 3.12. The first-order chi connectivity index (χ1) is 10.9. The highest BCUT2D eigenvalue weighted by Gasteiger charge is 2.33. The second kappa shape index (κ2) is 5.98. The second-order valence-corrected chi connectivity index (χ2v) is 5.96. The molecule has 0 spiro atoms. The van der Waals surface area contributed by atoms with Gasteiger partial charge in [0.1, 0.15) is 0 Å². The average molecular weight is 321 g/mol. The van der Waals surface area contributed by atoms with E-state index in [1.165, 1.54) is 6.07 Å². The minimum absolute atomic E-state index is 0.268. The van der Waals surface area contributed by atoms with Crippen LogP contribution in [0.2, 0.25) is 0 Å². The van der Waals surface area contributed by atoms with Crippen LogP contribution in [-0.2, 0) is 12.6 Å². The molecule has 2 N–H and O–H groups in total. The van der Waals surface area contributed by atoms with E-state index in [0.29, 0.717) is 12.0 Å². The number of aliphatic hydroxyl groups is 1. The Hall–Kier alpha value is -1.85. The molecule has 3 atom stereocenters. The first-order valence-electron chi connectivity index (χ1n) is 7.55. The third-order valence-electron chi connectivity index (χ3n) is 4.35. The Morgan fingerprint density at radius 2 is 1.87 bits per heavy atom. The van der Waals surface area contributed by atoms with E-state index in [1.807, 2.05) is 31.2 Å². The summed E-state index contributed by atoms with van der Waals surface area (Å²) < 4.78 is 38.5. The van der Waals surface area contributed by atoms with E-state index in [4.69, 9.17) is 0 Å². The van der Waals surface area contributed by atoms with Gasteiger partial charge in [0, 0.05) is 12.5 Å². The maximum absolute atomic E-state index is 12.8. The normalized spacial score (nSPS) is 22.0. The number of halogens is 3. The van der Waals surface area contributed by atoms with Gasteiger partial charge in [-0.15, -0.1) is 0 Å². The van der Waals surface area contributed by atoms with Gasteiger partial charge in [0.2, 0.25) is 0 Å². The summed E-state index contributed by atoms with van der Waals surface area (Å²) in [7, 11) is 0. The van der Waals surface area contributed by atoms with Crippen molar-refractivity contribution in [1.82, 2.24) is 5.32 Å². The lowest BCUT2D eigenvalue weighted by Crippen LogP contribution is -2.31. The Balaban J connectivity index is 1.81. The van der Waals surface area contributed by atoms with Crippen LogP contribution >= 0.6 is 0 Å². The van der Waals surface area contributed by atoms with Crippen molar-refractivity contribution in [3.8, 4) is 0 Å². The lowest BCUT2D eigenvalue weighted by Gasteiger charge is -2.24. The van der Waals surface area contributed by atoms with Gasteiger partial charge in [0.05, 0.1) is 17.7 Å². The van der Waals surface area contributed by atoms with Crippen LogP contribution in [0.25, 0.3) is 0 Å². The number of rotatable bonds is 3. The molecule has 0 heterocycles. The van der Waals surface area contributed by atoms with Crippen LogP contribution in [0.5, 0.6) is 0 Å². The first kappa shape index (κ1) is 16.0. The summed E-state index contributed by atoms with van der Waals surface area (Å²) in [6.07, 6.45) is -4.36. The van der Waals surface area contributed by atoms with Crippen molar-refractivity contribution in [2.75, 3.05) is 0 Å². The number of nitrogens with one attached hydrogen (secondary N) is 1. The minimum Gasteiger partial charge on any atom is -0.391 e. The van der Waals surface area contributed by atoms with Gasteiger partial charge >= 0.3 is 6.18 Å². The Kier molecular flexibility index (Phi) is 4.17. The van der Waals surface area contributed by atoms with E-state index < -0.39 is 17.8 Å².